The van der Waals surface area contributed by atoms with Crippen molar-refractivity contribution in [1.82, 2.24) is 15.1 Å². The molecular formula is C19H33N3O2. The lowest BCUT2D eigenvalue weighted by Gasteiger charge is -2.38. The van der Waals surface area contributed by atoms with Gasteiger partial charge in [0.25, 0.3) is 0 Å². The van der Waals surface area contributed by atoms with Crippen LogP contribution in [0, 0.1) is 5.92 Å². The van der Waals surface area contributed by atoms with Crippen molar-refractivity contribution >= 4 is 11.8 Å². The van der Waals surface area contributed by atoms with E-state index in [1.165, 1.54) is 32.1 Å². The Morgan fingerprint density at radius 3 is 2.62 bits per heavy atom. The molecule has 0 aromatic heterocycles. The van der Waals surface area contributed by atoms with Crippen LogP contribution >= 0.6 is 0 Å². The lowest BCUT2D eigenvalue weighted by atomic mass is 10.0. The van der Waals surface area contributed by atoms with E-state index in [1.54, 1.807) is 0 Å². The smallest absolute Gasteiger partial charge is 0.225 e. The SMILES string of the molecule is CC1CCCCN1C(C)CNC(=O)C1CC(=O)N(C2CCCC2)C1. The van der Waals surface area contributed by atoms with Gasteiger partial charge in [-0.05, 0) is 46.1 Å². The summed E-state index contributed by atoms with van der Waals surface area (Å²) in [5.74, 6) is 0.101. The van der Waals surface area contributed by atoms with Crippen molar-refractivity contribution in [2.75, 3.05) is 19.6 Å². The van der Waals surface area contributed by atoms with E-state index in [-0.39, 0.29) is 17.7 Å². The van der Waals surface area contributed by atoms with Crippen LogP contribution in [0.5, 0.6) is 0 Å². The Bertz CT molecular complexity index is 462. The first-order valence-electron chi connectivity index (χ1n) is 9.89. The summed E-state index contributed by atoms with van der Waals surface area (Å²) in [4.78, 5) is 29.2. The zero-order valence-corrected chi connectivity index (χ0v) is 15.3. The largest absolute Gasteiger partial charge is 0.354 e. The van der Waals surface area contributed by atoms with E-state index in [4.69, 9.17) is 0 Å². The molecule has 2 aliphatic heterocycles. The summed E-state index contributed by atoms with van der Waals surface area (Å²) in [5, 5.41) is 3.11. The topological polar surface area (TPSA) is 52.7 Å². The molecule has 0 radical (unpaired) electrons. The molecule has 24 heavy (non-hydrogen) atoms. The molecule has 1 aliphatic carbocycles. The molecular weight excluding hydrogens is 302 g/mol. The fraction of sp³-hybridized carbons (Fsp3) is 0.895. The van der Waals surface area contributed by atoms with E-state index in [2.05, 4.69) is 24.1 Å². The maximum Gasteiger partial charge on any atom is 0.225 e. The van der Waals surface area contributed by atoms with Gasteiger partial charge in [0.05, 0.1) is 5.92 Å². The molecule has 0 bridgehead atoms. The molecule has 1 saturated carbocycles. The third-order valence-corrected chi connectivity index (χ3v) is 6.29. The maximum atomic E-state index is 12.5. The van der Waals surface area contributed by atoms with Crippen LogP contribution in [0.2, 0.25) is 0 Å². The van der Waals surface area contributed by atoms with Gasteiger partial charge in [0.15, 0.2) is 0 Å². The summed E-state index contributed by atoms with van der Waals surface area (Å²) in [7, 11) is 0. The molecule has 2 saturated heterocycles. The predicted octanol–water partition coefficient (Wildman–Crippen LogP) is 2.16. The maximum absolute atomic E-state index is 12.5. The zero-order chi connectivity index (χ0) is 17.1. The summed E-state index contributed by atoms with van der Waals surface area (Å²) in [6.07, 6.45) is 8.90. The average molecular weight is 335 g/mol. The summed E-state index contributed by atoms with van der Waals surface area (Å²) in [5.41, 5.74) is 0. The Kier molecular flexibility index (Phi) is 5.80. The molecule has 3 aliphatic rings. The van der Waals surface area contributed by atoms with Gasteiger partial charge >= 0.3 is 0 Å². The minimum atomic E-state index is -0.149. The Morgan fingerprint density at radius 1 is 1.21 bits per heavy atom. The molecule has 5 nitrogen and oxygen atoms in total. The quantitative estimate of drug-likeness (QED) is 0.838. The first-order chi connectivity index (χ1) is 11.6. The zero-order valence-electron chi connectivity index (χ0n) is 15.3. The Balaban J connectivity index is 1.46. The van der Waals surface area contributed by atoms with Crippen molar-refractivity contribution < 1.29 is 9.59 Å². The van der Waals surface area contributed by atoms with Crippen molar-refractivity contribution in [3.05, 3.63) is 0 Å². The minimum Gasteiger partial charge on any atom is -0.354 e. The van der Waals surface area contributed by atoms with Crippen LogP contribution in [0.25, 0.3) is 0 Å². The number of likely N-dealkylation sites (tertiary alicyclic amines) is 2. The molecule has 2 heterocycles. The van der Waals surface area contributed by atoms with E-state index < -0.39 is 0 Å². The number of piperidine rings is 1. The van der Waals surface area contributed by atoms with Crippen molar-refractivity contribution in [1.29, 1.82) is 0 Å². The highest BCUT2D eigenvalue weighted by Crippen LogP contribution is 2.29. The third kappa shape index (κ3) is 3.93. The van der Waals surface area contributed by atoms with Crippen molar-refractivity contribution in [2.45, 2.75) is 83.3 Å². The highest BCUT2D eigenvalue weighted by molar-refractivity contribution is 5.89. The molecule has 136 valence electrons. The molecule has 2 amide bonds. The fourth-order valence-corrected chi connectivity index (χ4v) is 4.76. The van der Waals surface area contributed by atoms with Gasteiger partial charge in [-0.1, -0.05) is 19.3 Å². The molecule has 0 aromatic carbocycles. The highest BCUT2D eigenvalue weighted by Gasteiger charge is 2.38. The highest BCUT2D eigenvalue weighted by atomic mass is 16.2. The second kappa shape index (κ2) is 7.85. The minimum absolute atomic E-state index is 0.0698. The normalized spacial score (nSPS) is 30.8. The fourth-order valence-electron chi connectivity index (χ4n) is 4.76. The van der Waals surface area contributed by atoms with Crippen LogP contribution in [-0.2, 0) is 9.59 Å². The van der Waals surface area contributed by atoms with Crippen LogP contribution in [0.1, 0.15) is 65.2 Å². The van der Waals surface area contributed by atoms with Crippen molar-refractivity contribution in [3.8, 4) is 0 Å². The molecule has 3 fully saturated rings. The van der Waals surface area contributed by atoms with Crippen LogP contribution in [0.3, 0.4) is 0 Å². The molecule has 3 unspecified atom stereocenters. The molecule has 1 N–H and O–H groups in total. The number of hydrogen-bond acceptors (Lipinski definition) is 3. The van der Waals surface area contributed by atoms with Gasteiger partial charge in [0.2, 0.25) is 11.8 Å². The molecule has 3 rings (SSSR count). The lowest BCUT2D eigenvalue weighted by molar-refractivity contribution is -0.130. The number of rotatable bonds is 5. The van der Waals surface area contributed by atoms with Crippen molar-refractivity contribution in [2.24, 2.45) is 5.92 Å². The van der Waals surface area contributed by atoms with Crippen molar-refractivity contribution in [3.63, 3.8) is 0 Å². The molecule has 5 heteroatoms. The lowest BCUT2D eigenvalue weighted by Crippen LogP contribution is -2.49. The van der Waals surface area contributed by atoms with Crippen LogP contribution in [0.15, 0.2) is 0 Å². The Labute approximate surface area is 146 Å². The van der Waals surface area contributed by atoms with Gasteiger partial charge in [-0.15, -0.1) is 0 Å². The number of nitrogens with zero attached hydrogens (tertiary/aromatic N) is 2. The Morgan fingerprint density at radius 2 is 1.92 bits per heavy atom. The predicted molar refractivity (Wildman–Crippen MR) is 94.6 cm³/mol. The van der Waals surface area contributed by atoms with Crippen LogP contribution in [-0.4, -0.2) is 59.4 Å². The number of hydrogen-bond donors (Lipinski definition) is 1. The number of amides is 2. The van der Waals surface area contributed by atoms with E-state index in [0.717, 1.165) is 19.4 Å². The van der Waals surface area contributed by atoms with E-state index in [0.29, 0.717) is 37.6 Å². The van der Waals surface area contributed by atoms with Gasteiger partial charge in [0.1, 0.15) is 0 Å². The van der Waals surface area contributed by atoms with Gasteiger partial charge in [-0.2, -0.15) is 0 Å². The number of nitrogens with one attached hydrogen (secondary N) is 1. The Hall–Kier alpha value is -1.10. The third-order valence-electron chi connectivity index (χ3n) is 6.29. The second-order valence-electron chi connectivity index (χ2n) is 8.06. The molecule has 0 spiro atoms. The van der Waals surface area contributed by atoms with Crippen LogP contribution < -0.4 is 5.32 Å². The van der Waals surface area contributed by atoms with Gasteiger partial charge in [-0.3, -0.25) is 14.5 Å². The van der Waals surface area contributed by atoms with E-state index in [1.807, 2.05) is 4.90 Å². The summed E-state index contributed by atoms with van der Waals surface area (Å²) >= 11 is 0. The summed E-state index contributed by atoms with van der Waals surface area (Å²) in [6.45, 7) is 6.94. The van der Waals surface area contributed by atoms with E-state index >= 15 is 0 Å². The second-order valence-corrected chi connectivity index (χ2v) is 8.06. The number of carbonyl (C=O) groups is 2. The van der Waals surface area contributed by atoms with E-state index in [9.17, 15) is 9.59 Å². The van der Waals surface area contributed by atoms with Gasteiger partial charge in [0, 0.05) is 37.6 Å². The monoisotopic (exact) mass is 335 g/mol. The first-order valence-corrected chi connectivity index (χ1v) is 9.89. The standard InChI is InChI=1S/C19H33N3O2/c1-14-7-5-6-10-21(14)15(2)12-20-19(24)16-11-18(23)22(13-16)17-8-3-4-9-17/h14-17H,3-13H2,1-2H3,(H,20,24). The molecule has 0 aromatic rings. The summed E-state index contributed by atoms with van der Waals surface area (Å²) in [6, 6.07) is 1.37. The summed E-state index contributed by atoms with van der Waals surface area (Å²) < 4.78 is 0. The van der Waals surface area contributed by atoms with Gasteiger partial charge < -0.3 is 10.2 Å². The van der Waals surface area contributed by atoms with Crippen LogP contribution in [0.4, 0.5) is 0 Å². The first kappa shape index (κ1) is 17.7. The molecule has 3 atom stereocenters. The average Bonchev–Trinajstić information content (AvgIpc) is 3.22. The number of carbonyl (C=O) groups excluding carboxylic acids is 2. The van der Waals surface area contributed by atoms with Gasteiger partial charge in [-0.25, -0.2) is 0 Å².